The van der Waals surface area contributed by atoms with Gasteiger partial charge in [-0.1, -0.05) is 0 Å². The number of piperazine rings is 1. The lowest BCUT2D eigenvalue weighted by Gasteiger charge is -2.32. The SMILES string of the molecule is C[C@@H]([NH2+]CC(=O)N1CC[NH+](CC(=O)NC(C)(C)C)CC1)c1ccc(F)cc1F. The van der Waals surface area contributed by atoms with Crippen molar-refractivity contribution in [3.63, 3.8) is 0 Å². The van der Waals surface area contributed by atoms with Gasteiger partial charge >= 0.3 is 0 Å². The number of carbonyl (C=O) groups is 2. The zero-order chi connectivity index (χ0) is 20.9. The lowest BCUT2D eigenvalue weighted by Crippen LogP contribution is -3.16. The molecular weight excluding hydrogens is 366 g/mol. The van der Waals surface area contributed by atoms with Crippen LogP contribution in [0.3, 0.4) is 0 Å². The summed E-state index contributed by atoms with van der Waals surface area (Å²) in [5.41, 5.74) is 0.138. The molecule has 1 aromatic carbocycles. The first-order valence-corrected chi connectivity index (χ1v) is 9.76. The van der Waals surface area contributed by atoms with E-state index in [2.05, 4.69) is 5.32 Å². The molecule has 6 nitrogen and oxygen atoms in total. The van der Waals surface area contributed by atoms with E-state index in [-0.39, 0.29) is 29.9 Å². The minimum Gasteiger partial charge on any atom is -0.347 e. The molecule has 1 aliphatic rings. The van der Waals surface area contributed by atoms with Gasteiger partial charge in [-0.05, 0) is 39.8 Å². The van der Waals surface area contributed by atoms with Crippen molar-refractivity contribution in [3.8, 4) is 0 Å². The average molecular weight is 398 g/mol. The Morgan fingerprint density at radius 2 is 1.89 bits per heavy atom. The minimum atomic E-state index is -0.610. The number of amides is 2. The van der Waals surface area contributed by atoms with E-state index >= 15 is 0 Å². The van der Waals surface area contributed by atoms with Crippen LogP contribution in [0.25, 0.3) is 0 Å². The molecule has 1 aromatic rings. The maximum Gasteiger partial charge on any atom is 0.278 e. The van der Waals surface area contributed by atoms with Crippen molar-refractivity contribution in [1.29, 1.82) is 0 Å². The van der Waals surface area contributed by atoms with Crippen LogP contribution in [0, 0.1) is 11.6 Å². The number of nitrogens with zero attached hydrogens (tertiary/aromatic N) is 1. The fourth-order valence-corrected chi connectivity index (χ4v) is 3.34. The maximum absolute atomic E-state index is 13.8. The second kappa shape index (κ2) is 9.43. The molecule has 1 saturated heterocycles. The molecule has 0 aliphatic carbocycles. The summed E-state index contributed by atoms with van der Waals surface area (Å²) in [6.07, 6.45) is 0. The van der Waals surface area contributed by atoms with Gasteiger partial charge in [0.05, 0.1) is 26.2 Å². The Morgan fingerprint density at radius 3 is 2.46 bits per heavy atom. The topological polar surface area (TPSA) is 70.5 Å². The van der Waals surface area contributed by atoms with Crippen LogP contribution >= 0.6 is 0 Å². The zero-order valence-electron chi connectivity index (χ0n) is 17.1. The molecule has 156 valence electrons. The van der Waals surface area contributed by atoms with Gasteiger partial charge in [0.25, 0.3) is 11.8 Å². The van der Waals surface area contributed by atoms with Gasteiger partial charge in [-0.25, -0.2) is 8.78 Å². The zero-order valence-corrected chi connectivity index (χ0v) is 17.1. The van der Waals surface area contributed by atoms with Crippen molar-refractivity contribution in [2.24, 2.45) is 0 Å². The molecule has 0 bridgehead atoms. The van der Waals surface area contributed by atoms with E-state index in [4.69, 9.17) is 0 Å². The van der Waals surface area contributed by atoms with Crippen molar-refractivity contribution < 1.29 is 28.6 Å². The van der Waals surface area contributed by atoms with E-state index < -0.39 is 11.6 Å². The fourth-order valence-electron chi connectivity index (χ4n) is 3.34. The highest BCUT2D eigenvalue weighted by Gasteiger charge is 2.27. The van der Waals surface area contributed by atoms with Crippen LogP contribution in [0.1, 0.15) is 39.3 Å². The van der Waals surface area contributed by atoms with Crippen molar-refractivity contribution in [2.45, 2.75) is 39.3 Å². The summed E-state index contributed by atoms with van der Waals surface area (Å²) in [6, 6.07) is 3.22. The molecule has 1 aliphatic heterocycles. The Hall–Kier alpha value is -2.06. The second-order valence-electron chi connectivity index (χ2n) is 8.50. The maximum atomic E-state index is 13.8. The lowest BCUT2D eigenvalue weighted by molar-refractivity contribution is -0.896. The normalized spacial score (nSPS) is 16.7. The summed E-state index contributed by atoms with van der Waals surface area (Å²) in [7, 11) is 0. The molecule has 0 unspecified atom stereocenters. The predicted molar refractivity (Wildman–Crippen MR) is 102 cm³/mol. The summed E-state index contributed by atoms with van der Waals surface area (Å²) in [4.78, 5) is 27.4. The summed E-state index contributed by atoms with van der Waals surface area (Å²) < 4.78 is 26.9. The van der Waals surface area contributed by atoms with Crippen LogP contribution in [-0.2, 0) is 9.59 Å². The number of hydrogen-bond donors (Lipinski definition) is 3. The first-order chi connectivity index (χ1) is 13.0. The molecule has 0 saturated carbocycles. The summed E-state index contributed by atoms with van der Waals surface area (Å²) in [5, 5.41) is 4.72. The smallest absolute Gasteiger partial charge is 0.278 e. The van der Waals surface area contributed by atoms with E-state index in [0.717, 1.165) is 24.1 Å². The van der Waals surface area contributed by atoms with E-state index in [1.165, 1.54) is 12.1 Å². The quantitative estimate of drug-likeness (QED) is 0.589. The van der Waals surface area contributed by atoms with Crippen LogP contribution in [0.4, 0.5) is 8.78 Å². The number of benzene rings is 1. The lowest BCUT2D eigenvalue weighted by atomic mass is 10.1. The van der Waals surface area contributed by atoms with Gasteiger partial charge in [0.15, 0.2) is 13.1 Å². The Kier molecular flexibility index (Phi) is 7.48. The monoisotopic (exact) mass is 398 g/mol. The largest absolute Gasteiger partial charge is 0.347 e. The van der Waals surface area contributed by atoms with Gasteiger partial charge in [0.2, 0.25) is 0 Å². The van der Waals surface area contributed by atoms with Crippen LogP contribution in [0.2, 0.25) is 0 Å². The van der Waals surface area contributed by atoms with Gasteiger partial charge in [-0.15, -0.1) is 0 Å². The van der Waals surface area contributed by atoms with Gasteiger partial charge in [-0.2, -0.15) is 0 Å². The van der Waals surface area contributed by atoms with Crippen LogP contribution in [0.5, 0.6) is 0 Å². The third-order valence-electron chi connectivity index (χ3n) is 4.85. The molecule has 0 radical (unpaired) electrons. The first kappa shape index (κ1) is 22.2. The molecular formula is C20H32F2N4O2+2. The number of halogens is 2. The van der Waals surface area contributed by atoms with E-state index in [1.54, 1.807) is 17.1 Å². The molecule has 1 heterocycles. The molecule has 0 spiro atoms. The highest BCUT2D eigenvalue weighted by molar-refractivity contribution is 5.78. The molecule has 2 amide bonds. The Bertz CT molecular complexity index is 698. The predicted octanol–water partition coefficient (Wildman–Crippen LogP) is -0.769. The number of nitrogens with two attached hydrogens (primary N) is 1. The molecule has 1 fully saturated rings. The molecule has 28 heavy (non-hydrogen) atoms. The number of hydrogen-bond acceptors (Lipinski definition) is 2. The third-order valence-corrected chi connectivity index (χ3v) is 4.85. The molecule has 4 N–H and O–H groups in total. The standard InChI is InChI=1S/C20H30F2N4O2/c1-14(16-6-5-15(21)11-17(16)22)23-12-19(28)26-9-7-25(8-10-26)13-18(27)24-20(2,3)4/h5-6,11,14,23H,7-10,12-13H2,1-4H3,(H,24,27)/p+2/t14-/m1/s1. The number of quaternary nitrogens is 2. The molecule has 2 rings (SSSR count). The van der Waals surface area contributed by atoms with Crippen molar-refractivity contribution in [3.05, 3.63) is 35.4 Å². The van der Waals surface area contributed by atoms with E-state index in [9.17, 15) is 18.4 Å². The molecule has 0 aromatic heterocycles. The summed E-state index contributed by atoms with van der Waals surface area (Å²) in [5.74, 6) is -1.19. The third kappa shape index (κ3) is 6.83. The van der Waals surface area contributed by atoms with Crippen molar-refractivity contribution in [1.82, 2.24) is 10.2 Å². The Morgan fingerprint density at radius 1 is 1.25 bits per heavy atom. The average Bonchev–Trinajstić information content (AvgIpc) is 2.58. The number of nitrogens with one attached hydrogen (secondary N) is 2. The van der Waals surface area contributed by atoms with Crippen molar-refractivity contribution >= 4 is 11.8 Å². The second-order valence-corrected chi connectivity index (χ2v) is 8.50. The fraction of sp³-hybridized carbons (Fsp3) is 0.600. The number of carbonyl (C=O) groups excluding carboxylic acids is 2. The number of rotatable bonds is 6. The van der Waals surface area contributed by atoms with Gasteiger partial charge < -0.3 is 20.4 Å². The van der Waals surface area contributed by atoms with E-state index in [0.29, 0.717) is 25.2 Å². The van der Waals surface area contributed by atoms with E-state index in [1.807, 2.05) is 20.8 Å². The Labute approximate surface area is 165 Å². The summed E-state index contributed by atoms with van der Waals surface area (Å²) >= 11 is 0. The van der Waals surface area contributed by atoms with Gasteiger partial charge in [0.1, 0.15) is 17.7 Å². The van der Waals surface area contributed by atoms with Crippen LogP contribution < -0.4 is 15.5 Å². The van der Waals surface area contributed by atoms with Crippen molar-refractivity contribution in [2.75, 3.05) is 39.3 Å². The minimum absolute atomic E-state index is 0.00689. The molecule has 8 heteroatoms. The van der Waals surface area contributed by atoms with Crippen LogP contribution in [-0.4, -0.2) is 61.5 Å². The molecule has 1 atom stereocenters. The van der Waals surface area contributed by atoms with Gasteiger partial charge in [0, 0.05) is 17.2 Å². The van der Waals surface area contributed by atoms with Gasteiger partial charge in [-0.3, -0.25) is 9.59 Å². The highest BCUT2D eigenvalue weighted by Crippen LogP contribution is 2.14. The Balaban J connectivity index is 1.75. The van der Waals surface area contributed by atoms with Crippen LogP contribution in [0.15, 0.2) is 18.2 Å². The first-order valence-electron chi connectivity index (χ1n) is 9.76. The summed E-state index contributed by atoms with van der Waals surface area (Å²) in [6.45, 7) is 10.9. The highest BCUT2D eigenvalue weighted by atomic mass is 19.1.